The molecular formula is C13H8N4S. The summed E-state index contributed by atoms with van der Waals surface area (Å²) in [5.74, 6) is 0.188. The largest absolute Gasteiger partial charge is 0.394 e. The first-order chi connectivity index (χ1) is 8.69. The topological polar surface area (TPSA) is 70.0 Å². The predicted octanol–water partition coefficient (Wildman–Crippen LogP) is 3.42. The van der Waals surface area contributed by atoms with E-state index in [0.29, 0.717) is 5.56 Å². The number of nitrogens with one attached hydrogen (secondary N) is 1. The smallest absolute Gasteiger partial charge is 0.234 e. The van der Waals surface area contributed by atoms with E-state index >= 15 is 0 Å². The molecule has 2 aromatic rings. The number of pyridine rings is 1. The van der Waals surface area contributed by atoms with Crippen molar-refractivity contribution >= 4 is 23.7 Å². The molecule has 0 radical (unpaired) electrons. The maximum Gasteiger partial charge on any atom is 0.234 e. The molecule has 0 spiro atoms. The monoisotopic (exact) mass is 252 g/mol. The van der Waals surface area contributed by atoms with Gasteiger partial charge in [-0.15, -0.1) is 0 Å². The zero-order valence-corrected chi connectivity index (χ0v) is 10.1. The lowest BCUT2D eigenvalue weighted by atomic mass is 10.0. The van der Waals surface area contributed by atoms with Crippen LogP contribution in [0.3, 0.4) is 0 Å². The summed E-state index contributed by atoms with van der Waals surface area (Å²) in [5.41, 5.74) is 7.50. The Bertz CT molecular complexity index is 733. The highest BCUT2D eigenvalue weighted by Gasteiger charge is 2.15. The van der Waals surface area contributed by atoms with E-state index in [0.717, 1.165) is 5.56 Å². The van der Waals surface area contributed by atoms with Crippen LogP contribution in [0.1, 0.15) is 5.56 Å². The van der Waals surface area contributed by atoms with Crippen LogP contribution in [0.15, 0.2) is 30.3 Å². The first-order valence-electron chi connectivity index (χ1n) is 5.07. The van der Waals surface area contributed by atoms with Gasteiger partial charge >= 0.3 is 0 Å². The third-order valence-electron chi connectivity index (χ3n) is 2.50. The highest BCUT2D eigenvalue weighted by Crippen LogP contribution is 2.37. The number of nitrogens with two attached hydrogens (primary N) is 1. The number of nitriles is 1. The fourth-order valence-corrected chi connectivity index (χ4v) is 1.98. The molecule has 5 heteroatoms. The van der Waals surface area contributed by atoms with Gasteiger partial charge in [-0.3, -0.25) is 0 Å². The van der Waals surface area contributed by atoms with Gasteiger partial charge in [0.25, 0.3) is 0 Å². The molecule has 0 saturated carbocycles. The van der Waals surface area contributed by atoms with E-state index in [1.807, 2.05) is 36.4 Å². The van der Waals surface area contributed by atoms with Crippen LogP contribution in [-0.4, -0.2) is 4.98 Å². The molecule has 0 unspecified atom stereocenters. The Labute approximate surface area is 109 Å². The lowest BCUT2D eigenvalue weighted by Gasteiger charge is -2.09. The highest BCUT2D eigenvalue weighted by atomic mass is 32.1. The van der Waals surface area contributed by atoms with Crippen molar-refractivity contribution in [1.29, 1.82) is 5.26 Å². The molecule has 3 N–H and O–H groups in total. The van der Waals surface area contributed by atoms with Gasteiger partial charge in [0.2, 0.25) is 5.69 Å². The van der Waals surface area contributed by atoms with Crippen LogP contribution < -0.4 is 5.73 Å². The fourth-order valence-electron chi connectivity index (χ4n) is 1.72. The van der Waals surface area contributed by atoms with E-state index in [1.165, 1.54) is 0 Å². The maximum atomic E-state index is 9.19. The Morgan fingerprint density at radius 1 is 1.33 bits per heavy atom. The number of nitrogen functional groups attached to an aromatic ring is 1. The first-order valence-corrected chi connectivity index (χ1v) is 5.48. The lowest BCUT2D eigenvalue weighted by Crippen LogP contribution is -1.96. The molecule has 0 aliphatic heterocycles. The zero-order valence-electron chi connectivity index (χ0n) is 9.27. The van der Waals surface area contributed by atoms with Gasteiger partial charge in [-0.25, -0.2) is 4.85 Å². The minimum atomic E-state index is 0.188. The number of aromatic amines is 1. The number of nitrogens with zero attached hydrogens (tertiary/aromatic N) is 2. The summed E-state index contributed by atoms with van der Waals surface area (Å²) in [6, 6.07) is 11.2. The normalized spacial score (nSPS) is 9.44. The molecule has 1 aromatic heterocycles. The molecule has 1 aromatic carbocycles. The number of hydrogen-bond donors (Lipinski definition) is 2. The number of anilines is 1. The summed E-state index contributed by atoms with van der Waals surface area (Å²) in [7, 11) is 0. The van der Waals surface area contributed by atoms with Crippen molar-refractivity contribution in [2.24, 2.45) is 0 Å². The summed E-state index contributed by atoms with van der Waals surface area (Å²) in [6.07, 6.45) is 0. The molecule has 0 bridgehead atoms. The van der Waals surface area contributed by atoms with E-state index in [2.05, 4.69) is 9.83 Å². The molecule has 1 heterocycles. The van der Waals surface area contributed by atoms with E-state index < -0.39 is 0 Å². The van der Waals surface area contributed by atoms with Gasteiger partial charge in [-0.05, 0) is 5.56 Å². The average Bonchev–Trinajstić information content (AvgIpc) is 2.39. The summed E-state index contributed by atoms with van der Waals surface area (Å²) < 4.78 is 0.251. The van der Waals surface area contributed by atoms with Gasteiger partial charge in [0.05, 0.1) is 12.1 Å². The second-order valence-electron chi connectivity index (χ2n) is 3.56. The zero-order chi connectivity index (χ0) is 13.1. The SMILES string of the molecule is [C-]#[N+]c1c(N)[nH]c(=S)c(C#N)c1-c1ccccc1. The van der Waals surface area contributed by atoms with Gasteiger partial charge in [0, 0.05) is 5.56 Å². The average molecular weight is 252 g/mol. The van der Waals surface area contributed by atoms with E-state index in [4.69, 9.17) is 24.5 Å². The Morgan fingerprint density at radius 2 is 2.00 bits per heavy atom. The van der Waals surface area contributed by atoms with Crippen LogP contribution in [0.4, 0.5) is 11.5 Å². The molecule has 18 heavy (non-hydrogen) atoms. The molecule has 0 amide bonds. The fraction of sp³-hybridized carbons (Fsp3) is 0. The molecule has 0 aliphatic carbocycles. The van der Waals surface area contributed by atoms with Crippen LogP contribution in [0.25, 0.3) is 16.0 Å². The molecule has 2 rings (SSSR count). The van der Waals surface area contributed by atoms with Crippen LogP contribution in [0, 0.1) is 22.5 Å². The van der Waals surface area contributed by atoms with Crippen molar-refractivity contribution in [1.82, 2.24) is 4.98 Å². The standard InChI is InChI=1S/C13H8N4S/c1-16-11-10(8-5-3-2-4-6-8)9(7-14)13(18)17-12(11)15/h2-6H,(H3,15,17,18). The minimum absolute atomic E-state index is 0.188. The molecule has 86 valence electrons. The quantitative estimate of drug-likeness (QED) is 0.603. The van der Waals surface area contributed by atoms with Crippen LogP contribution in [0.5, 0.6) is 0 Å². The lowest BCUT2D eigenvalue weighted by molar-refractivity contribution is 1.29. The summed E-state index contributed by atoms with van der Waals surface area (Å²) in [4.78, 5) is 6.07. The van der Waals surface area contributed by atoms with Crippen molar-refractivity contribution in [3.05, 3.63) is 52.0 Å². The maximum absolute atomic E-state index is 9.19. The molecule has 0 saturated heterocycles. The number of hydrogen-bond acceptors (Lipinski definition) is 3. The van der Waals surface area contributed by atoms with Crippen molar-refractivity contribution in [2.75, 3.05) is 5.73 Å². The summed E-state index contributed by atoms with van der Waals surface area (Å²) in [5, 5.41) is 9.19. The number of aromatic nitrogens is 1. The Morgan fingerprint density at radius 3 is 2.56 bits per heavy atom. The van der Waals surface area contributed by atoms with Gasteiger partial charge in [0.1, 0.15) is 16.5 Å². The van der Waals surface area contributed by atoms with Gasteiger partial charge in [0.15, 0.2) is 0 Å². The molecular weight excluding hydrogens is 244 g/mol. The van der Waals surface area contributed by atoms with E-state index in [1.54, 1.807) is 0 Å². The minimum Gasteiger partial charge on any atom is -0.394 e. The number of H-pyrrole nitrogens is 1. The van der Waals surface area contributed by atoms with Crippen LogP contribution >= 0.6 is 12.2 Å². The van der Waals surface area contributed by atoms with Gasteiger partial charge in [-0.1, -0.05) is 42.5 Å². The van der Waals surface area contributed by atoms with Crippen molar-refractivity contribution < 1.29 is 0 Å². The third-order valence-corrected chi connectivity index (χ3v) is 2.81. The number of benzene rings is 1. The second-order valence-corrected chi connectivity index (χ2v) is 3.96. The van der Waals surface area contributed by atoms with Crippen molar-refractivity contribution in [3.63, 3.8) is 0 Å². The summed E-state index contributed by atoms with van der Waals surface area (Å²) in [6.45, 7) is 7.20. The molecule has 0 aliphatic rings. The first kappa shape index (κ1) is 11.8. The second kappa shape index (κ2) is 4.70. The highest BCUT2D eigenvalue weighted by molar-refractivity contribution is 7.71. The van der Waals surface area contributed by atoms with E-state index in [-0.39, 0.29) is 21.7 Å². The summed E-state index contributed by atoms with van der Waals surface area (Å²) >= 11 is 5.07. The van der Waals surface area contributed by atoms with E-state index in [9.17, 15) is 5.26 Å². The Hall–Kier alpha value is -2.63. The Kier molecular flexibility index (Phi) is 3.09. The third kappa shape index (κ3) is 1.84. The predicted molar refractivity (Wildman–Crippen MR) is 72.5 cm³/mol. The van der Waals surface area contributed by atoms with Crippen molar-refractivity contribution in [3.8, 4) is 17.2 Å². The molecule has 0 fully saturated rings. The van der Waals surface area contributed by atoms with Crippen LogP contribution in [-0.2, 0) is 0 Å². The molecule has 0 atom stereocenters. The van der Waals surface area contributed by atoms with Gasteiger partial charge in [-0.2, -0.15) is 5.26 Å². The Balaban J connectivity index is 2.94. The van der Waals surface area contributed by atoms with Gasteiger partial charge < -0.3 is 10.7 Å². The van der Waals surface area contributed by atoms with Crippen molar-refractivity contribution in [2.45, 2.75) is 0 Å². The van der Waals surface area contributed by atoms with Crippen LogP contribution in [0.2, 0.25) is 0 Å². The molecule has 4 nitrogen and oxygen atoms in total. The number of rotatable bonds is 1.